The lowest BCUT2D eigenvalue weighted by molar-refractivity contribution is -0.0512. The van der Waals surface area contributed by atoms with Crippen LogP contribution in [0.25, 0.3) is 0 Å². The van der Waals surface area contributed by atoms with Crippen LogP contribution in [0, 0.1) is 5.41 Å². The summed E-state index contributed by atoms with van der Waals surface area (Å²) in [6.07, 6.45) is 0. The molecule has 0 saturated carbocycles. The minimum atomic E-state index is -3.00. The Hall–Kier alpha value is -1.85. The first kappa shape index (κ1) is 10.2. The number of phenols is 1. The van der Waals surface area contributed by atoms with Crippen molar-refractivity contribution in [3.63, 3.8) is 0 Å². The number of nitrogen functional groups attached to an aromatic ring is 1. The molecule has 0 aliphatic heterocycles. The molecule has 0 aliphatic carbocycles. The van der Waals surface area contributed by atoms with Gasteiger partial charge in [-0.15, -0.1) is 0 Å². The smallest absolute Gasteiger partial charge is 0.387 e. The van der Waals surface area contributed by atoms with Gasteiger partial charge in [0, 0.05) is 5.56 Å². The van der Waals surface area contributed by atoms with Crippen LogP contribution >= 0.6 is 0 Å². The Morgan fingerprint density at radius 1 is 1.50 bits per heavy atom. The van der Waals surface area contributed by atoms with E-state index >= 15 is 0 Å². The molecule has 76 valence electrons. The largest absolute Gasteiger partial charge is 0.504 e. The van der Waals surface area contributed by atoms with Crippen molar-refractivity contribution >= 4 is 5.84 Å². The average Bonchev–Trinajstić information content (AvgIpc) is 2.07. The fraction of sp³-hybridized carbons (Fsp3) is 0.125. The minimum Gasteiger partial charge on any atom is -0.504 e. The molecule has 0 saturated heterocycles. The summed E-state index contributed by atoms with van der Waals surface area (Å²) in [5.74, 6) is -1.08. The number of nitrogens with one attached hydrogen (secondary N) is 1. The van der Waals surface area contributed by atoms with E-state index in [-0.39, 0.29) is 17.1 Å². The maximum atomic E-state index is 11.8. The molecule has 0 atom stereocenters. The highest BCUT2D eigenvalue weighted by Crippen LogP contribution is 2.27. The number of benzene rings is 1. The van der Waals surface area contributed by atoms with Crippen molar-refractivity contribution in [1.82, 2.24) is 0 Å². The minimum absolute atomic E-state index is 0.240. The van der Waals surface area contributed by atoms with E-state index in [1.165, 1.54) is 6.07 Å². The van der Waals surface area contributed by atoms with Crippen LogP contribution in [-0.2, 0) is 0 Å². The fourth-order valence-electron chi connectivity index (χ4n) is 0.881. The van der Waals surface area contributed by atoms with Crippen LogP contribution in [0.1, 0.15) is 5.56 Å². The van der Waals surface area contributed by atoms with E-state index in [9.17, 15) is 13.9 Å². The first-order valence-electron chi connectivity index (χ1n) is 3.63. The maximum Gasteiger partial charge on any atom is 0.387 e. The normalized spacial score (nSPS) is 10.2. The van der Waals surface area contributed by atoms with Crippen molar-refractivity contribution in [2.45, 2.75) is 6.61 Å². The van der Waals surface area contributed by atoms with Crippen LogP contribution in [-0.4, -0.2) is 17.6 Å². The molecule has 4 N–H and O–H groups in total. The van der Waals surface area contributed by atoms with Gasteiger partial charge < -0.3 is 15.6 Å². The van der Waals surface area contributed by atoms with Gasteiger partial charge in [-0.2, -0.15) is 8.78 Å². The number of hydrogen-bond donors (Lipinski definition) is 3. The van der Waals surface area contributed by atoms with E-state index < -0.39 is 12.4 Å². The van der Waals surface area contributed by atoms with Gasteiger partial charge in [-0.3, -0.25) is 5.41 Å². The highest BCUT2D eigenvalue weighted by atomic mass is 19.3. The summed E-state index contributed by atoms with van der Waals surface area (Å²) in [6, 6.07) is 3.51. The van der Waals surface area contributed by atoms with Crippen LogP contribution in [0.4, 0.5) is 8.78 Å². The second-order valence-corrected chi connectivity index (χ2v) is 2.47. The van der Waals surface area contributed by atoms with Gasteiger partial charge in [-0.05, 0) is 18.2 Å². The second-order valence-electron chi connectivity index (χ2n) is 2.47. The van der Waals surface area contributed by atoms with Gasteiger partial charge in [0.2, 0.25) is 0 Å². The molecule has 4 nitrogen and oxygen atoms in total. The monoisotopic (exact) mass is 202 g/mol. The third-order valence-electron chi connectivity index (χ3n) is 1.49. The molecule has 0 bridgehead atoms. The molecule has 0 unspecified atom stereocenters. The summed E-state index contributed by atoms with van der Waals surface area (Å²) in [5.41, 5.74) is 5.36. The Kier molecular flexibility index (Phi) is 2.85. The Balaban J connectivity index is 2.95. The van der Waals surface area contributed by atoms with Crippen molar-refractivity contribution in [2.24, 2.45) is 5.73 Å². The molecule has 14 heavy (non-hydrogen) atoms. The van der Waals surface area contributed by atoms with Crippen molar-refractivity contribution in [2.75, 3.05) is 0 Å². The lowest BCUT2D eigenvalue weighted by atomic mass is 10.2. The molecular weight excluding hydrogens is 194 g/mol. The lowest BCUT2D eigenvalue weighted by Gasteiger charge is -2.07. The van der Waals surface area contributed by atoms with Gasteiger partial charge in [0.05, 0.1) is 0 Å². The first-order chi connectivity index (χ1) is 6.50. The van der Waals surface area contributed by atoms with Gasteiger partial charge in [0.25, 0.3) is 0 Å². The molecule has 1 aromatic rings. The molecular formula is C8H8F2N2O2. The number of nitrogens with two attached hydrogens (primary N) is 1. The third kappa shape index (κ3) is 2.32. The number of phenolic OH excluding ortho intramolecular Hbond substituents is 1. The van der Waals surface area contributed by atoms with E-state index in [0.717, 1.165) is 12.1 Å². The van der Waals surface area contributed by atoms with Crippen molar-refractivity contribution in [3.05, 3.63) is 23.8 Å². The van der Waals surface area contributed by atoms with E-state index in [2.05, 4.69) is 4.74 Å². The highest BCUT2D eigenvalue weighted by Gasteiger charge is 2.10. The number of rotatable bonds is 3. The molecule has 0 aromatic heterocycles. The van der Waals surface area contributed by atoms with Crippen molar-refractivity contribution in [1.29, 1.82) is 5.41 Å². The van der Waals surface area contributed by atoms with Gasteiger partial charge >= 0.3 is 6.61 Å². The summed E-state index contributed by atoms with van der Waals surface area (Å²) in [5, 5.41) is 16.2. The Labute approximate surface area is 78.4 Å². The summed E-state index contributed by atoms with van der Waals surface area (Å²) >= 11 is 0. The van der Waals surface area contributed by atoms with Crippen LogP contribution in [0.15, 0.2) is 18.2 Å². The molecule has 0 spiro atoms. The quantitative estimate of drug-likeness (QED) is 0.510. The molecule has 0 heterocycles. The van der Waals surface area contributed by atoms with E-state index in [4.69, 9.17) is 11.1 Å². The summed E-state index contributed by atoms with van der Waals surface area (Å²) in [7, 11) is 0. The summed E-state index contributed by atoms with van der Waals surface area (Å²) < 4.78 is 27.5. The molecule has 1 rings (SSSR count). The van der Waals surface area contributed by atoms with Gasteiger partial charge in [-0.1, -0.05) is 0 Å². The SMILES string of the molecule is N=C(N)c1ccc(OC(F)F)c(O)c1. The lowest BCUT2D eigenvalue weighted by Crippen LogP contribution is -2.11. The van der Waals surface area contributed by atoms with E-state index in [1.54, 1.807) is 0 Å². The zero-order valence-corrected chi connectivity index (χ0v) is 7.00. The van der Waals surface area contributed by atoms with Crippen LogP contribution in [0.3, 0.4) is 0 Å². The third-order valence-corrected chi connectivity index (χ3v) is 1.49. The molecule has 0 aliphatic rings. The number of halogens is 2. The number of amidine groups is 1. The average molecular weight is 202 g/mol. The number of hydrogen-bond acceptors (Lipinski definition) is 3. The highest BCUT2D eigenvalue weighted by molar-refractivity contribution is 5.95. The Bertz CT molecular complexity index is 355. The maximum absolute atomic E-state index is 11.8. The predicted molar refractivity (Wildman–Crippen MR) is 45.8 cm³/mol. The fourth-order valence-corrected chi connectivity index (χ4v) is 0.881. The number of aromatic hydroxyl groups is 1. The van der Waals surface area contributed by atoms with Crippen LogP contribution in [0.5, 0.6) is 11.5 Å². The second kappa shape index (κ2) is 3.91. The van der Waals surface area contributed by atoms with Crippen molar-refractivity contribution < 1.29 is 18.6 Å². The standard InChI is InChI=1S/C8H8F2N2O2/c9-8(10)14-6-2-1-4(7(11)12)3-5(6)13/h1-3,8,13H,(H3,11,12). The first-order valence-corrected chi connectivity index (χ1v) is 3.63. The molecule has 6 heteroatoms. The molecule has 0 amide bonds. The van der Waals surface area contributed by atoms with Crippen LogP contribution in [0.2, 0.25) is 0 Å². The number of alkyl halides is 2. The number of ether oxygens (including phenoxy) is 1. The van der Waals surface area contributed by atoms with Gasteiger partial charge in [-0.25, -0.2) is 0 Å². The van der Waals surface area contributed by atoms with E-state index in [0.29, 0.717) is 0 Å². The van der Waals surface area contributed by atoms with Crippen LogP contribution < -0.4 is 10.5 Å². The topological polar surface area (TPSA) is 79.3 Å². The summed E-state index contributed by atoms with van der Waals surface area (Å²) in [4.78, 5) is 0. The zero-order chi connectivity index (χ0) is 10.7. The molecule has 1 aromatic carbocycles. The molecule has 0 fully saturated rings. The van der Waals surface area contributed by atoms with Gasteiger partial charge in [0.1, 0.15) is 5.84 Å². The van der Waals surface area contributed by atoms with Crippen molar-refractivity contribution in [3.8, 4) is 11.5 Å². The van der Waals surface area contributed by atoms with Gasteiger partial charge in [0.15, 0.2) is 11.5 Å². The van der Waals surface area contributed by atoms with E-state index in [1.807, 2.05) is 0 Å². The molecule has 0 radical (unpaired) electrons. The Morgan fingerprint density at radius 3 is 2.57 bits per heavy atom. The summed E-state index contributed by atoms with van der Waals surface area (Å²) in [6.45, 7) is -3.00. The zero-order valence-electron chi connectivity index (χ0n) is 7.00. The predicted octanol–water partition coefficient (Wildman–Crippen LogP) is 1.28. The Morgan fingerprint density at radius 2 is 2.14 bits per heavy atom.